The number of halogens is 1. The van der Waals surface area contributed by atoms with E-state index in [0.717, 1.165) is 18.5 Å². The molecule has 102 valence electrons. The molecule has 2 rings (SSSR count). The Labute approximate surface area is 125 Å². The van der Waals surface area contributed by atoms with Crippen molar-refractivity contribution in [2.45, 2.75) is 39.3 Å². The van der Waals surface area contributed by atoms with Crippen molar-refractivity contribution in [1.29, 1.82) is 0 Å². The van der Waals surface area contributed by atoms with Gasteiger partial charge in [0.05, 0.1) is 28.2 Å². The summed E-state index contributed by atoms with van der Waals surface area (Å²) in [7, 11) is 0. The molecule has 2 heterocycles. The highest BCUT2D eigenvalue weighted by Gasteiger charge is 2.09. The van der Waals surface area contributed by atoms with Crippen LogP contribution in [0.25, 0.3) is 0 Å². The third-order valence-electron chi connectivity index (χ3n) is 3.17. The zero-order valence-electron chi connectivity index (χ0n) is 11.1. The van der Waals surface area contributed by atoms with Crippen molar-refractivity contribution in [3.05, 3.63) is 44.4 Å². The molecule has 0 aliphatic rings. The second-order valence-corrected chi connectivity index (χ2v) is 5.59. The summed E-state index contributed by atoms with van der Waals surface area (Å²) in [5.74, 6) is 0. The number of hydrogen-bond donors (Lipinski definition) is 0. The zero-order valence-corrected chi connectivity index (χ0v) is 13.2. The summed E-state index contributed by atoms with van der Waals surface area (Å²) >= 11 is 2.00. The van der Waals surface area contributed by atoms with Crippen LogP contribution in [0.3, 0.4) is 0 Å². The van der Waals surface area contributed by atoms with Gasteiger partial charge in [-0.25, -0.2) is 4.98 Å². The maximum absolute atomic E-state index is 11.9. The second-order valence-electron chi connectivity index (χ2n) is 4.43. The lowest BCUT2D eigenvalue weighted by atomic mass is 10.2. The lowest BCUT2D eigenvalue weighted by Crippen LogP contribution is -2.23. The Morgan fingerprint density at radius 2 is 2.11 bits per heavy atom. The number of rotatable bonds is 5. The monoisotopic (exact) mass is 372 g/mol. The lowest BCUT2D eigenvalue weighted by molar-refractivity contribution is 0.424. The average Bonchev–Trinajstić information content (AvgIpc) is 2.85. The van der Waals surface area contributed by atoms with Gasteiger partial charge in [-0.15, -0.1) is 0 Å². The highest BCUT2D eigenvalue weighted by atomic mass is 127. The minimum Gasteiger partial charge on any atom is -0.292 e. The van der Waals surface area contributed by atoms with E-state index < -0.39 is 0 Å². The van der Waals surface area contributed by atoms with Gasteiger partial charge in [-0.2, -0.15) is 5.10 Å². The molecule has 0 atom stereocenters. The Morgan fingerprint density at radius 1 is 1.37 bits per heavy atom. The first-order valence-corrected chi connectivity index (χ1v) is 7.47. The molecular weight excluding hydrogens is 355 g/mol. The van der Waals surface area contributed by atoms with Gasteiger partial charge < -0.3 is 0 Å². The van der Waals surface area contributed by atoms with E-state index in [0.29, 0.717) is 16.2 Å². The molecule has 2 aromatic rings. The first-order chi connectivity index (χ1) is 9.15. The largest absolute Gasteiger partial charge is 0.292 e. The van der Waals surface area contributed by atoms with Crippen LogP contribution in [-0.2, 0) is 6.54 Å². The molecule has 0 N–H and O–H groups in total. The Morgan fingerprint density at radius 3 is 2.79 bits per heavy atom. The summed E-state index contributed by atoms with van der Waals surface area (Å²) < 4.78 is 4.20. The van der Waals surface area contributed by atoms with Crippen LogP contribution in [0, 0.1) is 3.57 Å². The third-order valence-corrected chi connectivity index (χ3v) is 3.91. The first-order valence-electron chi connectivity index (χ1n) is 6.39. The van der Waals surface area contributed by atoms with Gasteiger partial charge in [0.15, 0.2) is 0 Å². The van der Waals surface area contributed by atoms with E-state index >= 15 is 0 Å². The molecule has 0 aromatic carbocycles. The molecule has 0 amide bonds. The molecule has 0 spiro atoms. The second kappa shape index (κ2) is 6.31. The van der Waals surface area contributed by atoms with Crippen LogP contribution in [0.1, 0.15) is 38.4 Å². The quantitative estimate of drug-likeness (QED) is 0.758. The van der Waals surface area contributed by atoms with Crippen molar-refractivity contribution in [1.82, 2.24) is 19.3 Å². The molecule has 2 aromatic heterocycles. The average molecular weight is 372 g/mol. The van der Waals surface area contributed by atoms with Gasteiger partial charge in [-0.3, -0.25) is 14.0 Å². The van der Waals surface area contributed by atoms with Crippen LogP contribution in [0.15, 0.2) is 29.6 Å². The molecule has 0 unspecified atom stereocenters. The van der Waals surface area contributed by atoms with Crippen LogP contribution in [0.5, 0.6) is 0 Å². The number of hydrogen-bond acceptors (Lipinski definition) is 3. The van der Waals surface area contributed by atoms with Gasteiger partial charge in [-0.05, 0) is 41.5 Å². The topological polar surface area (TPSA) is 52.7 Å². The molecule has 0 saturated carbocycles. The van der Waals surface area contributed by atoms with E-state index in [4.69, 9.17) is 0 Å². The molecule has 0 aliphatic carbocycles. The molecule has 5 nitrogen and oxygen atoms in total. The van der Waals surface area contributed by atoms with Crippen molar-refractivity contribution in [3.8, 4) is 0 Å². The normalized spacial score (nSPS) is 11.2. The van der Waals surface area contributed by atoms with Gasteiger partial charge in [0.1, 0.15) is 0 Å². The molecule has 0 saturated heterocycles. The highest BCUT2D eigenvalue weighted by molar-refractivity contribution is 14.1. The first kappa shape index (κ1) is 14.2. The van der Waals surface area contributed by atoms with E-state index in [9.17, 15) is 4.79 Å². The van der Waals surface area contributed by atoms with Crippen molar-refractivity contribution in [2.75, 3.05) is 0 Å². The van der Waals surface area contributed by atoms with Gasteiger partial charge in [0.2, 0.25) is 0 Å². The Bertz CT molecular complexity index is 601. The molecule has 6 heteroatoms. The summed E-state index contributed by atoms with van der Waals surface area (Å²) in [6.45, 7) is 4.78. The minimum atomic E-state index is -0.0207. The standard InChI is InChI=1S/C13H17IN4O/c1-3-11(4-2)18-6-5-10(16-18)8-17-9-15-7-12(14)13(17)19/h5-7,9,11H,3-4,8H2,1-2H3. The molecule has 19 heavy (non-hydrogen) atoms. The van der Waals surface area contributed by atoms with E-state index in [1.165, 1.54) is 0 Å². The predicted molar refractivity (Wildman–Crippen MR) is 82.2 cm³/mol. The Balaban J connectivity index is 2.20. The fourth-order valence-corrected chi connectivity index (χ4v) is 2.51. The Kier molecular flexibility index (Phi) is 4.73. The van der Waals surface area contributed by atoms with Crippen molar-refractivity contribution < 1.29 is 0 Å². The maximum Gasteiger partial charge on any atom is 0.267 e. The molecule has 0 radical (unpaired) electrons. The molecular formula is C13H17IN4O. The van der Waals surface area contributed by atoms with E-state index in [2.05, 4.69) is 23.9 Å². The van der Waals surface area contributed by atoms with E-state index in [1.807, 2.05) is 39.5 Å². The van der Waals surface area contributed by atoms with Crippen LogP contribution < -0.4 is 5.56 Å². The number of nitrogens with zero attached hydrogens (tertiary/aromatic N) is 4. The van der Waals surface area contributed by atoms with Crippen LogP contribution in [0.4, 0.5) is 0 Å². The predicted octanol–water partition coefficient (Wildman–Crippen LogP) is 2.45. The molecule has 0 fully saturated rings. The maximum atomic E-state index is 11.9. The van der Waals surface area contributed by atoms with E-state index in [1.54, 1.807) is 17.1 Å². The van der Waals surface area contributed by atoms with E-state index in [-0.39, 0.29) is 5.56 Å². The van der Waals surface area contributed by atoms with Gasteiger partial charge >= 0.3 is 0 Å². The smallest absolute Gasteiger partial charge is 0.267 e. The molecule has 0 bridgehead atoms. The summed E-state index contributed by atoms with van der Waals surface area (Å²) in [6, 6.07) is 2.39. The van der Waals surface area contributed by atoms with Gasteiger partial charge in [0, 0.05) is 12.4 Å². The van der Waals surface area contributed by atoms with Crippen molar-refractivity contribution in [2.24, 2.45) is 0 Å². The summed E-state index contributed by atoms with van der Waals surface area (Å²) in [6.07, 6.45) is 7.23. The lowest BCUT2D eigenvalue weighted by Gasteiger charge is -2.12. The minimum absolute atomic E-state index is 0.0207. The summed E-state index contributed by atoms with van der Waals surface area (Å²) in [4.78, 5) is 15.9. The molecule has 0 aliphatic heterocycles. The highest BCUT2D eigenvalue weighted by Crippen LogP contribution is 2.14. The third kappa shape index (κ3) is 3.23. The Hall–Kier alpha value is -1.18. The summed E-state index contributed by atoms with van der Waals surface area (Å²) in [5, 5.41) is 4.55. The van der Waals surface area contributed by atoms with Crippen LogP contribution >= 0.6 is 22.6 Å². The van der Waals surface area contributed by atoms with Crippen molar-refractivity contribution >= 4 is 22.6 Å². The fourth-order valence-electron chi connectivity index (χ4n) is 2.04. The zero-order chi connectivity index (χ0) is 13.8. The van der Waals surface area contributed by atoms with Gasteiger partial charge in [-0.1, -0.05) is 13.8 Å². The number of aromatic nitrogens is 4. The van der Waals surface area contributed by atoms with Gasteiger partial charge in [0.25, 0.3) is 5.56 Å². The van der Waals surface area contributed by atoms with Crippen LogP contribution in [-0.4, -0.2) is 19.3 Å². The summed E-state index contributed by atoms with van der Waals surface area (Å²) in [5.41, 5.74) is 0.866. The fraction of sp³-hybridized carbons (Fsp3) is 0.462. The van der Waals surface area contributed by atoms with Crippen LogP contribution in [0.2, 0.25) is 0 Å². The SMILES string of the molecule is CCC(CC)n1ccc(Cn2cncc(I)c2=O)n1. The van der Waals surface area contributed by atoms with Crippen molar-refractivity contribution in [3.63, 3.8) is 0 Å².